The number of nitrogens with two attached hydrogens (primary N) is 1. The van der Waals surface area contributed by atoms with E-state index in [9.17, 15) is 4.79 Å². The first kappa shape index (κ1) is 11.7. The third-order valence-corrected chi connectivity index (χ3v) is 2.93. The van der Waals surface area contributed by atoms with Crippen LogP contribution in [0.1, 0.15) is 13.8 Å². The Bertz CT molecular complexity index is 555. The summed E-state index contributed by atoms with van der Waals surface area (Å²) >= 11 is 0. The van der Waals surface area contributed by atoms with Crippen LogP contribution in [0.2, 0.25) is 0 Å². The third-order valence-electron chi connectivity index (χ3n) is 2.93. The molecule has 1 aromatic heterocycles. The van der Waals surface area contributed by atoms with Gasteiger partial charge in [-0.15, -0.1) is 0 Å². The Morgan fingerprint density at radius 3 is 2.65 bits per heavy atom. The van der Waals surface area contributed by atoms with Crippen molar-refractivity contribution in [2.75, 3.05) is 11.9 Å². The highest BCUT2D eigenvalue weighted by atomic mass is 16.1. The fourth-order valence-electron chi connectivity index (χ4n) is 1.83. The predicted octanol–water partition coefficient (Wildman–Crippen LogP) is 1.25. The summed E-state index contributed by atoms with van der Waals surface area (Å²) in [7, 11) is 0. The molecule has 1 unspecified atom stereocenters. The van der Waals surface area contributed by atoms with Crippen LogP contribution in [0.15, 0.2) is 23.0 Å². The number of aromatic nitrogens is 2. The molecular formula is C12H18N4O. The number of nitrogens with one attached hydrogen (secondary N) is 3. The van der Waals surface area contributed by atoms with E-state index < -0.39 is 0 Å². The van der Waals surface area contributed by atoms with Gasteiger partial charge in [-0.05, 0) is 24.1 Å². The molecule has 0 saturated carbocycles. The Morgan fingerprint density at radius 1 is 1.29 bits per heavy atom. The largest absolute Gasteiger partial charge is 0.381 e. The molecule has 0 aliphatic carbocycles. The van der Waals surface area contributed by atoms with Gasteiger partial charge >= 0.3 is 5.69 Å². The van der Waals surface area contributed by atoms with E-state index in [-0.39, 0.29) is 11.7 Å². The van der Waals surface area contributed by atoms with Gasteiger partial charge in [0.1, 0.15) is 0 Å². The molecule has 0 bridgehead atoms. The summed E-state index contributed by atoms with van der Waals surface area (Å²) in [6.07, 6.45) is 0. The zero-order chi connectivity index (χ0) is 12.4. The van der Waals surface area contributed by atoms with Crippen molar-refractivity contribution in [3.8, 4) is 0 Å². The topological polar surface area (TPSA) is 86.7 Å². The van der Waals surface area contributed by atoms with Gasteiger partial charge in [-0.2, -0.15) is 0 Å². The molecule has 17 heavy (non-hydrogen) atoms. The van der Waals surface area contributed by atoms with Crippen molar-refractivity contribution in [3.63, 3.8) is 0 Å². The maximum absolute atomic E-state index is 11.1. The lowest BCUT2D eigenvalue weighted by molar-refractivity contribution is 0.531. The molecule has 5 nitrogen and oxygen atoms in total. The summed E-state index contributed by atoms with van der Waals surface area (Å²) in [5.74, 6) is 0.459. The molecule has 2 rings (SSSR count). The standard InChI is InChI=1S/C12H18N4O/c1-7(2)11(6-13)14-8-3-4-9-10(5-8)16-12(17)15-9/h3-5,7,11,14H,6,13H2,1-2H3,(H2,15,16,17). The van der Waals surface area contributed by atoms with Gasteiger partial charge < -0.3 is 21.0 Å². The highest BCUT2D eigenvalue weighted by Crippen LogP contribution is 2.17. The van der Waals surface area contributed by atoms with Crippen LogP contribution in [0.25, 0.3) is 11.0 Å². The number of anilines is 1. The van der Waals surface area contributed by atoms with Crippen LogP contribution in [-0.4, -0.2) is 22.6 Å². The SMILES string of the molecule is CC(C)C(CN)Nc1ccc2[nH]c(=O)[nH]c2c1. The molecule has 92 valence electrons. The van der Waals surface area contributed by atoms with Crippen molar-refractivity contribution in [2.45, 2.75) is 19.9 Å². The third kappa shape index (κ3) is 2.50. The number of fused-ring (bicyclic) bond motifs is 1. The van der Waals surface area contributed by atoms with Gasteiger partial charge in [-0.1, -0.05) is 13.8 Å². The van der Waals surface area contributed by atoms with E-state index in [1.807, 2.05) is 18.2 Å². The molecule has 0 saturated heterocycles. The first-order valence-electron chi connectivity index (χ1n) is 5.79. The summed E-state index contributed by atoms with van der Waals surface area (Å²) < 4.78 is 0. The maximum atomic E-state index is 11.1. The molecule has 1 heterocycles. The number of hydrogen-bond acceptors (Lipinski definition) is 3. The number of aromatic amines is 2. The van der Waals surface area contributed by atoms with Gasteiger partial charge in [0.05, 0.1) is 11.0 Å². The van der Waals surface area contributed by atoms with Crippen LogP contribution >= 0.6 is 0 Å². The van der Waals surface area contributed by atoms with Gasteiger partial charge in [-0.3, -0.25) is 0 Å². The molecule has 5 heteroatoms. The second kappa shape index (κ2) is 4.63. The first-order chi connectivity index (χ1) is 8.10. The van der Waals surface area contributed by atoms with Crippen molar-refractivity contribution in [3.05, 3.63) is 28.7 Å². The number of imidazole rings is 1. The van der Waals surface area contributed by atoms with Gasteiger partial charge in [-0.25, -0.2) is 4.79 Å². The van der Waals surface area contributed by atoms with Crippen molar-refractivity contribution in [1.29, 1.82) is 0 Å². The molecule has 1 aromatic carbocycles. The van der Waals surface area contributed by atoms with Crippen LogP contribution in [0, 0.1) is 5.92 Å². The monoisotopic (exact) mass is 234 g/mol. The van der Waals surface area contributed by atoms with Gasteiger partial charge in [0.25, 0.3) is 0 Å². The summed E-state index contributed by atoms with van der Waals surface area (Å²) in [5, 5.41) is 3.37. The molecule has 5 N–H and O–H groups in total. The highest BCUT2D eigenvalue weighted by Gasteiger charge is 2.11. The fourth-order valence-corrected chi connectivity index (χ4v) is 1.83. The van der Waals surface area contributed by atoms with Gasteiger partial charge in [0.15, 0.2) is 0 Å². The molecular weight excluding hydrogens is 216 g/mol. The fraction of sp³-hybridized carbons (Fsp3) is 0.417. The Hall–Kier alpha value is -1.75. The molecule has 0 spiro atoms. The normalized spacial score (nSPS) is 13.2. The van der Waals surface area contributed by atoms with E-state index in [1.165, 1.54) is 0 Å². The van der Waals surface area contributed by atoms with Crippen LogP contribution in [0.5, 0.6) is 0 Å². The first-order valence-corrected chi connectivity index (χ1v) is 5.79. The molecule has 2 aromatic rings. The zero-order valence-corrected chi connectivity index (χ0v) is 10.1. The average Bonchev–Trinajstić information content (AvgIpc) is 2.64. The molecule has 0 aliphatic heterocycles. The number of H-pyrrole nitrogens is 2. The van der Waals surface area contributed by atoms with Crippen molar-refractivity contribution >= 4 is 16.7 Å². The zero-order valence-electron chi connectivity index (χ0n) is 10.1. The number of hydrogen-bond donors (Lipinski definition) is 4. The maximum Gasteiger partial charge on any atom is 0.323 e. The second-order valence-electron chi connectivity index (χ2n) is 4.57. The van der Waals surface area contributed by atoms with E-state index in [0.717, 1.165) is 16.7 Å². The lowest BCUT2D eigenvalue weighted by Crippen LogP contribution is -2.33. The number of benzene rings is 1. The lowest BCUT2D eigenvalue weighted by Gasteiger charge is -2.21. The van der Waals surface area contributed by atoms with E-state index in [2.05, 4.69) is 29.1 Å². The molecule has 0 aliphatic rings. The molecule has 0 radical (unpaired) electrons. The smallest absolute Gasteiger partial charge is 0.323 e. The van der Waals surface area contributed by atoms with E-state index in [1.54, 1.807) is 0 Å². The summed E-state index contributed by atoms with van der Waals surface area (Å²) in [6.45, 7) is 4.84. The summed E-state index contributed by atoms with van der Waals surface area (Å²) in [4.78, 5) is 16.6. The predicted molar refractivity (Wildman–Crippen MR) is 70.2 cm³/mol. The number of rotatable bonds is 4. The summed E-state index contributed by atoms with van der Waals surface area (Å²) in [6, 6.07) is 5.97. The minimum atomic E-state index is -0.184. The van der Waals surface area contributed by atoms with Crippen LogP contribution in [0.4, 0.5) is 5.69 Å². The van der Waals surface area contributed by atoms with E-state index >= 15 is 0 Å². The van der Waals surface area contributed by atoms with Crippen LogP contribution in [0.3, 0.4) is 0 Å². The van der Waals surface area contributed by atoms with Crippen molar-refractivity contribution in [1.82, 2.24) is 9.97 Å². The van der Waals surface area contributed by atoms with E-state index in [4.69, 9.17) is 5.73 Å². The Labute approximate surface area is 99.4 Å². The van der Waals surface area contributed by atoms with Crippen LogP contribution < -0.4 is 16.7 Å². The summed E-state index contributed by atoms with van der Waals surface area (Å²) in [5.41, 5.74) is 8.12. The van der Waals surface area contributed by atoms with E-state index in [0.29, 0.717) is 12.5 Å². The molecule has 0 amide bonds. The van der Waals surface area contributed by atoms with Gasteiger partial charge in [0.2, 0.25) is 0 Å². The second-order valence-corrected chi connectivity index (χ2v) is 4.57. The van der Waals surface area contributed by atoms with Crippen LogP contribution in [-0.2, 0) is 0 Å². The lowest BCUT2D eigenvalue weighted by atomic mass is 10.0. The Kier molecular flexibility index (Phi) is 3.19. The molecule has 1 atom stereocenters. The Balaban J connectivity index is 2.26. The Morgan fingerprint density at radius 2 is 2.00 bits per heavy atom. The average molecular weight is 234 g/mol. The highest BCUT2D eigenvalue weighted by molar-refractivity contribution is 5.78. The molecule has 0 fully saturated rings. The minimum absolute atomic E-state index is 0.184. The van der Waals surface area contributed by atoms with Crippen molar-refractivity contribution < 1.29 is 0 Å². The quantitative estimate of drug-likeness (QED) is 0.642. The van der Waals surface area contributed by atoms with Gasteiger partial charge in [0, 0.05) is 18.3 Å². The van der Waals surface area contributed by atoms with Crippen molar-refractivity contribution in [2.24, 2.45) is 11.7 Å². The minimum Gasteiger partial charge on any atom is -0.381 e.